The van der Waals surface area contributed by atoms with Crippen LogP contribution in [-0.4, -0.2) is 17.3 Å². The molecule has 0 bridgehead atoms. The molecule has 1 aromatic heterocycles. The number of rotatable bonds is 0. The maximum atomic E-state index is 4.03. The Balaban J connectivity index is 2.37. The van der Waals surface area contributed by atoms with E-state index in [1.165, 1.54) is 0 Å². The Kier molecular flexibility index (Phi) is 1.81. The third kappa shape index (κ3) is 1.32. The van der Waals surface area contributed by atoms with Crippen molar-refractivity contribution in [2.24, 2.45) is 9.98 Å². The van der Waals surface area contributed by atoms with Crippen LogP contribution in [0.4, 0.5) is 0 Å². The van der Waals surface area contributed by atoms with E-state index in [2.05, 4.69) is 37.2 Å². The lowest BCUT2D eigenvalue weighted by molar-refractivity contribution is -0.619. The first kappa shape index (κ1) is 7.34. The average Bonchev–Trinajstić information content (AvgIpc) is 2.54. The minimum Gasteiger partial charge on any atom is -0.238 e. The highest BCUT2D eigenvalue weighted by Crippen LogP contribution is 2.02. The molecular formula is C7H5BrN4+2. The van der Waals surface area contributed by atoms with Crippen LogP contribution in [0.25, 0.3) is 0 Å². The zero-order valence-electron chi connectivity index (χ0n) is 6.03. The molecule has 1 aliphatic heterocycles. The van der Waals surface area contributed by atoms with Crippen LogP contribution in [0.2, 0.25) is 0 Å². The maximum Gasteiger partial charge on any atom is 0.570 e. The molecule has 4 nitrogen and oxygen atoms in total. The molecule has 0 fully saturated rings. The molecule has 58 valence electrons. The molecule has 0 amide bonds. The van der Waals surface area contributed by atoms with Crippen molar-refractivity contribution in [3.8, 4) is 0 Å². The third-order valence-corrected chi connectivity index (χ3v) is 1.75. The van der Waals surface area contributed by atoms with E-state index < -0.39 is 0 Å². The highest BCUT2D eigenvalue weighted by molar-refractivity contribution is 9.10. The van der Waals surface area contributed by atoms with Gasteiger partial charge < -0.3 is 0 Å². The zero-order chi connectivity index (χ0) is 8.39. The molecule has 0 aromatic carbocycles. The van der Waals surface area contributed by atoms with Crippen molar-refractivity contribution in [1.29, 1.82) is 0 Å². The lowest BCUT2D eigenvalue weighted by atomic mass is 10.6. The number of hydrogen-bond donors (Lipinski definition) is 1. The van der Waals surface area contributed by atoms with Crippen LogP contribution in [-0.2, 0) is 0 Å². The lowest BCUT2D eigenvalue weighted by Crippen LogP contribution is -2.43. The maximum absolute atomic E-state index is 4.03. The molecule has 1 N–H and O–H groups in total. The van der Waals surface area contributed by atoms with Crippen LogP contribution in [0.15, 0.2) is 39.1 Å². The topological polar surface area (TPSA) is 44.4 Å². The quantitative estimate of drug-likeness (QED) is 0.500. The van der Waals surface area contributed by atoms with Gasteiger partial charge in [-0.1, -0.05) is 4.68 Å². The van der Waals surface area contributed by atoms with Gasteiger partial charge in [-0.3, -0.25) is 0 Å². The second kappa shape index (κ2) is 2.97. The predicted molar refractivity (Wildman–Crippen MR) is 48.1 cm³/mol. The van der Waals surface area contributed by atoms with Gasteiger partial charge in [-0.05, 0) is 15.9 Å². The minimum absolute atomic E-state index is 0.572. The second-order valence-corrected chi connectivity index (χ2v) is 3.06. The van der Waals surface area contributed by atoms with Gasteiger partial charge in [-0.2, -0.15) is 0 Å². The third-order valence-electron chi connectivity index (χ3n) is 1.31. The van der Waals surface area contributed by atoms with Crippen LogP contribution >= 0.6 is 15.9 Å². The Labute approximate surface area is 77.5 Å². The fraction of sp³-hybridized carbons (Fsp3) is 0. The Morgan fingerprint density at radius 3 is 3.08 bits per heavy atom. The van der Waals surface area contributed by atoms with E-state index in [4.69, 9.17) is 0 Å². The molecule has 0 aliphatic carbocycles. The number of aliphatic imine (C=N–C) groups is 2. The number of allylic oxidation sites excluding steroid dienone is 1. The van der Waals surface area contributed by atoms with E-state index in [-0.39, 0.29) is 0 Å². The number of nitrogens with zero attached hydrogens (tertiary/aromatic N) is 3. The van der Waals surface area contributed by atoms with Crippen LogP contribution in [0.5, 0.6) is 0 Å². The van der Waals surface area contributed by atoms with Gasteiger partial charge in [0.1, 0.15) is 11.2 Å². The Bertz CT molecular complexity index is 375. The molecule has 2 rings (SSSR count). The monoisotopic (exact) mass is 224 g/mol. The molecule has 1 aliphatic rings. The molecular weight excluding hydrogens is 220 g/mol. The molecule has 5 heteroatoms. The molecule has 1 aromatic rings. The lowest BCUT2D eigenvalue weighted by Gasteiger charge is -1.79. The fourth-order valence-electron chi connectivity index (χ4n) is 0.822. The minimum atomic E-state index is 0.572. The number of H-pyrrole nitrogens is 1. The van der Waals surface area contributed by atoms with Crippen molar-refractivity contribution in [1.82, 2.24) is 5.10 Å². The summed E-state index contributed by atoms with van der Waals surface area (Å²) in [6.45, 7) is 0. The molecule has 0 saturated heterocycles. The van der Waals surface area contributed by atoms with Gasteiger partial charge in [0, 0.05) is 0 Å². The Morgan fingerprint density at radius 2 is 2.50 bits per heavy atom. The van der Waals surface area contributed by atoms with Crippen molar-refractivity contribution in [2.45, 2.75) is 0 Å². The summed E-state index contributed by atoms with van der Waals surface area (Å²) in [5, 5.41) is 2.95. The van der Waals surface area contributed by atoms with Crippen molar-refractivity contribution >= 4 is 28.1 Å². The van der Waals surface area contributed by atoms with Crippen LogP contribution < -0.4 is 4.68 Å². The predicted octanol–water partition coefficient (Wildman–Crippen LogP) is 0.744. The van der Waals surface area contributed by atoms with Gasteiger partial charge in [0.2, 0.25) is 6.20 Å². The highest BCUT2D eigenvalue weighted by atomic mass is 79.9. The summed E-state index contributed by atoms with van der Waals surface area (Å²) in [6, 6.07) is 0. The van der Waals surface area contributed by atoms with E-state index in [1.807, 2.05) is 6.20 Å². The first-order valence-corrected chi connectivity index (χ1v) is 4.10. The van der Waals surface area contributed by atoms with Gasteiger partial charge in [0.05, 0.1) is 15.7 Å². The van der Waals surface area contributed by atoms with Crippen LogP contribution in [0.1, 0.15) is 0 Å². The van der Waals surface area contributed by atoms with Crippen molar-refractivity contribution in [3.63, 3.8) is 0 Å². The SMILES string of the molecule is Brc1c[nH][n+](C2=NC=C[C+]=N2)c1. The number of aromatic nitrogens is 2. The van der Waals surface area contributed by atoms with Crippen molar-refractivity contribution in [3.05, 3.63) is 29.1 Å². The number of halogens is 1. The van der Waals surface area contributed by atoms with Gasteiger partial charge in [-0.15, -0.1) is 0 Å². The zero-order valence-corrected chi connectivity index (χ0v) is 7.62. The van der Waals surface area contributed by atoms with Crippen molar-refractivity contribution in [2.75, 3.05) is 0 Å². The molecule has 0 spiro atoms. The summed E-state index contributed by atoms with van der Waals surface area (Å²) >= 11 is 3.31. The van der Waals surface area contributed by atoms with E-state index in [1.54, 1.807) is 23.2 Å². The molecule has 0 radical (unpaired) electrons. The Morgan fingerprint density at radius 1 is 1.58 bits per heavy atom. The van der Waals surface area contributed by atoms with Crippen molar-refractivity contribution < 1.29 is 4.68 Å². The fourth-order valence-corrected chi connectivity index (χ4v) is 1.13. The normalized spacial score (nSPS) is 14.2. The number of nitrogens with one attached hydrogen (secondary N) is 1. The van der Waals surface area contributed by atoms with E-state index in [0.717, 1.165) is 4.47 Å². The van der Waals surface area contributed by atoms with E-state index >= 15 is 0 Å². The van der Waals surface area contributed by atoms with Gasteiger partial charge in [0.25, 0.3) is 6.21 Å². The van der Waals surface area contributed by atoms with Gasteiger partial charge in [0.15, 0.2) is 6.08 Å². The van der Waals surface area contributed by atoms with Crippen LogP contribution in [0, 0.1) is 0 Å². The molecule has 12 heavy (non-hydrogen) atoms. The molecule has 0 saturated carbocycles. The van der Waals surface area contributed by atoms with E-state index in [9.17, 15) is 0 Å². The first-order valence-electron chi connectivity index (χ1n) is 3.31. The summed E-state index contributed by atoms with van der Waals surface area (Å²) in [5.74, 6) is 0.572. The van der Waals surface area contributed by atoms with Gasteiger partial charge in [-0.25, -0.2) is 5.10 Å². The standard InChI is InChI=1S/C7H4BrN4/c8-6-4-11-12(5-6)7-9-2-1-3-10-7/h1-2,4-5H/q+1/p+1. The van der Waals surface area contributed by atoms with Gasteiger partial charge >= 0.3 is 5.96 Å². The summed E-state index contributed by atoms with van der Waals surface area (Å²) in [7, 11) is 0. The molecule has 2 heterocycles. The first-order chi connectivity index (χ1) is 5.86. The summed E-state index contributed by atoms with van der Waals surface area (Å²) < 4.78 is 2.65. The molecule has 0 atom stereocenters. The summed E-state index contributed by atoms with van der Waals surface area (Å²) in [5.41, 5.74) is 0. The summed E-state index contributed by atoms with van der Waals surface area (Å²) in [4.78, 5) is 7.97. The Hall–Kier alpha value is -1.32. The summed E-state index contributed by atoms with van der Waals surface area (Å²) in [6.07, 6.45) is 9.64. The smallest absolute Gasteiger partial charge is 0.238 e. The number of hydrogen-bond acceptors (Lipinski definition) is 2. The average molecular weight is 225 g/mol. The highest BCUT2D eigenvalue weighted by Gasteiger charge is 2.22. The second-order valence-electron chi connectivity index (χ2n) is 2.14. The molecule has 0 unspecified atom stereocenters. The van der Waals surface area contributed by atoms with E-state index in [0.29, 0.717) is 5.96 Å². The largest absolute Gasteiger partial charge is 0.570 e. The number of aromatic amines is 1. The van der Waals surface area contributed by atoms with Crippen LogP contribution in [0.3, 0.4) is 0 Å².